The summed E-state index contributed by atoms with van der Waals surface area (Å²) < 4.78 is 0. The lowest BCUT2D eigenvalue weighted by Crippen LogP contribution is -2.46. The second kappa shape index (κ2) is 1.99. The maximum atomic E-state index is 3.50. The summed E-state index contributed by atoms with van der Waals surface area (Å²) in [5, 5.41) is 3.50. The third-order valence-corrected chi connectivity index (χ3v) is 3.85. The molecule has 2 bridgehead atoms. The smallest absolute Gasteiger partial charge is 0.0349 e. The van der Waals surface area contributed by atoms with Crippen LogP contribution in [0.2, 0.25) is 0 Å². The number of fused-ring (bicyclic) bond motifs is 3. The van der Waals surface area contributed by atoms with Crippen LogP contribution in [0, 0.1) is 5.92 Å². The molecular weight excluding hydrogens is 136 g/mol. The third-order valence-electron chi connectivity index (χ3n) is 3.85. The Morgan fingerprint density at radius 1 is 1.45 bits per heavy atom. The van der Waals surface area contributed by atoms with Gasteiger partial charge in [-0.3, -0.25) is 4.90 Å². The lowest BCUT2D eigenvalue weighted by molar-refractivity contribution is 0.153. The molecule has 0 saturated carbocycles. The third kappa shape index (κ3) is 0.744. The fourth-order valence-electron chi connectivity index (χ4n) is 3.27. The van der Waals surface area contributed by atoms with Gasteiger partial charge in [0, 0.05) is 18.6 Å². The van der Waals surface area contributed by atoms with Crippen molar-refractivity contribution in [2.75, 3.05) is 26.2 Å². The minimum absolute atomic E-state index is 0.628. The summed E-state index contributed by atoms with van der Waals surface area (Å²) in [5.74, 6) is 1.05. The van der Waals surface area contributed by atoms with Gasteiger partial charge in [-0.25, -0.2) is 0 Å². The number of rotatable bonds is 0. The Morgan fingerprint density at radius 3 is 3.00 bits per heavy atom. The van der Waals surface area contributed by atoms with E-state index in [1.54, 1.807) is 0 Å². The van der Waals surface area contributed by atoms with Crippen molar-refractivity contribution < 1.29 is 0 Å². The van der Waals surface area contributed by atoms with Crippen LogP contribution in [-0.2, 0) is 0 Å². The van der Waals surface area contributed by atoms with Crippen molar-refractivity contribution in [2.45, 2.75) is 24.8 Å². The zero-order chi connectivity index (χ0) is 7.31. The van der Waals surface area contributed by atoms with Gasteiger partial charge in [0.25, 0.3) is 0 Å². The highest BCUT2D eigenvalue weighted by molar-refractivity contribution is 5.07. The van der Waals surface area contributed by atoms with E-state index in [1.165, 1.54) is 45.4 Å². The van der Waals surface area contributed by atoms with E-state index in [0.717, 1.165) is 5.92 Å². The average molecular weight is 152 g/mol. The van der Waals surface area contributed by atoms with Gasteiger partial charge >= 0.3 is 0 Å². The van der Waals surface area contributed by atoms with Crippen molar-refractivity contribution >= 4 is 0 Å². The Balaban J connectivity index is 1.88. The predicted molar refractivity (Wildman–Crippen MR) is 44.5 cm³/mol. The second-order valence-electron chi connectivity index (χ2n) is 4.46. The molecule has 62 valence electrons. The molecule has 0 aliphatic carbocycles. The SMILES string of the molecule is C1C[C@@]2(CN1)C[C@H]1CCN2C1. The van der Waals surface area contributed by atoms with Crippen molar-refractivity contribution in [2.24, 2.45) is 5.92 Å². The molecule has 11 heavy (non-hydrogen) atoms. The van der Waals surface area contributed by atoms with Gasteiger partial charge in [-0.2, -0.15) is 0 Å². The van der Waals surface area contributed by atoms with E-state index in [4.69, 9.17) is 0 Å². The molecular formula is C9H16N2. The van der Waals surface area contributed by atoms with E-state index in [1.807, 2.05) is 0 Å². The summed E-state index contributed by atoms with van der Waals surface area (Å²) in [6, 6.07) is 0. The molecule has 3 fully saturated rings. The number of piperidine rings is 1. The minimum atomic E-state index is 0.628. The Kier molecular flexibility index (Phi) is 1.16. The van der Waals surface area contributed by atoms with Gasteiger partial charge in [0.1, 0.15) is 0 Å². The van der Waals surface area contributed by atoms with Crippen LogP contribution in [0.4, 0.5) is 0 Å². The van der Waals surface area contributed by atoms with Crippen molar-refractivity contribution in [3.8, 4) is 0 Å². The van der Waals surface area contributed by atoms with E-state index >= 15 is 0 Å². The monoisotopic (exact) mass is 152 g/mol. The van der Waals surface area contributed by atoms with Crippen LogP contribution in [0.15, 0.2) is 0 Å². The van der Waals surface area contributed by atoms with Crippen molar-refractivity contribution in [3.05, 3.63) is 0 Å². The van der Waals surface area contributed by atoms with Crippen LogP contribution in [0.25, 0.3) is 0 Å². The standard InChI is InChI=1S/C9H16N2/c1-4-11-6-8(1)5-9(11)2-3-10-7-9/h8,10H,1-7H2/t8-,9+/m1/s1. The lowest BCUT2D eigenvalue weighted by atomic mass is 9.87. The van der Waals surface area contributed by atoms with E-state index < -0.39 is 0 Å². The van der Waals surface area contributed by atoms with Crippen LogP contribution < -0.4 is 5.32 Å². The maximum absolute atomic E-state index is 3.50. The molecule has 1 spiro atoms. The zero-order valence-corrected chi connectivity index (χ0v) is 6.97. The van der Waals surface area contributed by atoms with Crippen LogP contribution in [0.3, 0.4) is 0 Å². The molecule has 3 heterocycles. The molecule has 0 aromatic rings. The van der Waals surface area contributed by atoms with Gasteiger partial charge in [0.05, 0.1) is 0 Å². The molecule has 0 aromatic heterocycles. The highest BCUT2D eigenvalue weighted by atomic mass is 15.3. The number of hydrogen-bond acceptors (Lipinski definition) is 2. The highest BCUT2D eigenvalue weighted by Gasteiger charge is 2.50. The van der Waals surface area contributed by atoms with Crippen LogP contribution >= 0.6 is 0 Å². The first-order valence-corrected chi connectivity index (χ1v) is 4.85. The van der Waals surface area contributed by atoms with Gasteiger partial charge in [0.2, 0.25) is 0 Å². The fourth-order valence-corrected chi connectivity index (χ4v) is 3.27. The normalized spacial score (nSPS) is 54.5. The molecule has 0 amide bonds. The van der Waals surface area contributed by atoms with E-state index in [-0.39, 0.29) is 0 Å². The van der Waals surface area contributed by atoms with Gasteiger partial charge in [0.15, 0.2) is 0 Å². The lowest BCUT2D eigenvalue weighted by Gasteiger charge is -2.35. The topological polar surface area (TPSA) is 15.3 Å². The molecule has 0 aromatic carbocycles. The summed E-state index contributed by atoms with van der Waals surface area (Å²) in [6.07, 6.45) is 4.37. The first-order valence-electron chi connectivity index (χ1n) is 4.85. The van der Waals surface area contributed by atoms with Crippen molar-refractivity contribution in [3.63, 3.8) is 0 Å². The minimum Gasteiger partial charge on any atom is -0.315 e. The molecule has 3 atom stereocenters. The highest BCUT2D eigenvalue weighted by Crippen LogP contribution is 2.43. The van der Waals surface area contributed by atoms with Crippen LogP contribution in [0.1, 0.15) is 19.3 Å². The van der Waals surface area contributed by atoms with Gasteiger partial charge in [-0.05, 0) is 38.3 Å². The van der Waals surface area contributed by atoms with Gasteiger partial charge in [-0.15, -0.1) is 0 Å². The Hall–Kier alpha value is -0.0800. The molecule has 2 nitrogen and oxygen atoms in total. The Morgan fingerprint density at radius 2 is 2.45 bits per heavy atom. The van der Waals surface area contributed by atoms with Crippen molar-refractivity contribution in [1.82, 2.24) is 10.2 Å². The number of nitrogens with zero attached hydrogens (tertiary/aromatic N) is 1. The van der Waals surface area contributed by atoms with E-state index in [0.29, 0.717) is 5.54 Å². The molecule has 3 aliphatic rings. The quantitative estimate of drug-likeness (QED) is 0.542. The molecule has 2 heteroatoms. The largest absolute Gasteiger partial charge is 0.315 e. The zero-order valence-electron chi connectivity index (χ0n) is 6.97. The molecule has 3 rings (SSSR count). The summed E-state index contributed by atoms with van der Waals surface area (Å²) in [7, 11) is 0. The Labute approximate surface area is 68.0 Å². The average Bonchev–Trinajstić information content (AvgIpc) is 2.64. The summed E-state index contributed by atoms with van der Waals surface area (Å²) >= 11 is 0. The molecule has 0 radical (unpaired) electrons. The predicted octanol–water partition coefficient (Wildman–Crippen LogP) is 0.444. The summed E-state index contributed by atoms with van der Waals surface area (Å²) in [6.45, 7) is 5.31. The summed E-state index contributed by atoms with van der Waals surface area (Å²) in [5.41, 5.74) is 0.628. The fraction of sp³-hybridized carbons (Fsp3) is 1.00. The first-order chi connectivity index (χ1) is 5.39. The van der Waals surface area contributed by atoms with Crippen LogP contribution in [-0.4, -0.2) is 36.6 Å². The first kappa shape index (κ1) is 6.44. The number of hydrogen-bond donors (Lipinski definition) is 1. The summed E-state index contributed by atoms with van der Waals surface area (Å²) in [4.78, 5) is 2.73. The maximum Gasteiger partial charge on any atom is 0.0349 e. The number of nitrogens with one attached hydrogen (secondary N) is 1. The molecule has 3 aliphatic heterocycles. The van der Waals surface area contributed by atoms with E-state index in [9.17, 15) is 0 Å². The molecule has 3 saturated heterocycles. The second-order valence-corrected chi connectivity index (χ2v) is 4.46. The molecule has 1 unspecified atom stereocenters. The van der Waals surface area contributed by atoms with E-state index in [2.05, 4.69) is 10.2 Å². The van der Waals surface area contributed by atoms with Gasteiger partial charge in [-0.1, -0.05) is 0 Å². The Bertz CT molecular complexity index is 172. The molecule has 1 N–H and O–H groups in total. The van der Waals surface area contributed by atoms with Crippen molar-refractivity contribution in [1.29, 1.82) is 0 Å². The van der Waals surface area contributed by atoms with Gasteiger partial charge < -0.3 is 5.32 Å². The van der Waals surface area contributed by atoms with Crippen LogP contribution in [0.5, 0.6) is 0 Å².